The largest absolute Gasteiger partial charge is 0.311 e. The van der Waals surface area contributed by atoms with Crippen molar-refractivity contribution < 1.29 is 13.2 Å². The van der Waals surface area contributed by atoms with Crippen LogP contribution in [-0.4, -0.2) is 21.6 Å². The van der Waals surface area contributed by atoms with Crippen LogP contribution in [-0.2, 0) is 0 Å². The van der Waals surface area contributed by atoms with Gasteiger partial charge < -0.3 is 0 Å². The molecule has 1 aromatic heterocycles. The minimum absolute atomic E-state index is 0.218. The minimum atomic E-state index is -1.14. The number of amidine groups is 1. The molecule has 2 rings (SSSR count). The normalized spacial score (nSPS) is 19.7. The Balaban J connectivity index is 2.53. The van der Waals surface area contributed by atoms with Crippen LogP contribution < -0.4 is 4.90 Å². The molecule has 0 N–H and O–H groups in total. The maximum Gasteiger partial charge on any atom is 0.311 e. The van der Waals surface area contributed by atoms with Gasteiger partial charge in [0.25, 0.3) is 6.09 Å². The molecule has 2 heterocycles. The fourth-order valence-electron chi connectivity index (χ4n) is 1.39. The lowest BCUT2D eigenvalue weighted by atomic mass is 10.3. The zero-order chi connectivity index (χ0) is 13.4. The topological polar surface area (TPSA) is 41.4 Å². The van der Waals surface area contributed by atoms with Crippen molar-refractivity contribution >= 4 is 23.5 Å². The number of halogens is 4. The lowest BCUT2D eigenvalue weighted by Gasteiger charge is -2.23. The average molecular weight is 277 g/mol. The van der Waals surface area contributed by atoms with Gasteiger partial charge in [0, 0.05) is 6.20 Å². The average Bonchev–Trinajstić information content (AvgIpc) is 2.29. The first-order valence-corrected chi connectivity index (χ1v) is 5.38. The maximum atomic E-state index is 13.7. The second-order valence-corrected chi connectivity index (χ2v) is 4.11. The molecular formula is C10H8ClF3N4. The van der Waals surface area contributed by atoms with Gasteiger partial charge in [-0.1, -0.05) is 11.6 Å². The molecule has 0 amide bonds. The molecule has 4 nitrogen and oxygen atoms in total. The SMILES string of the molecule is CC1=CN(c2nc(F)nc(C)c2F)C(F)=NC1Cl. The van der Waals surface area contributed by atoms with E-state index >= 15 is 0 Å². The summed E-state index contributed by atoms with van der Waals surface area (Å²) in [6.45, 7) is 2.84. The van der Waals surface area contributed by atoms with Gasteiger partial charge in [-0.2, -0.15) is 13.8 Å². The van der Waals surface area contributed by atoms with Crippen molar-refractivity contribution in [2.75, 3.05) is 4.90 Å². The Labute approximate surface area is 106 Å². The molecule has 96 valence electrons. The highest BCUT2D eigenvalue weighted by Crippen LogP contribution is 2.26. The number of hydrogen-bond donors (Lipinski definition) is 0. The van der Waals surface area contributed by atoms with E-state index in [1.165, 1.54) is 13.1 Å². The van der Waals surface area contributed by atoms with Crippen molar-refractivity contribution in [2.45, 2.75) is 19.3 Å². The molecular weight excluding hydrogens is 269 g/mol. The van der Waals surface area contributed by atoms with Crippen molar-refractivity contribution in [1.29, 1.82) is 0 Å². The van der Waals surface area contributed by atoms with Crippen molar-refractivity contribution in [3.8, 4) is 0 Å². The summed E-state index contributed by atoms with van der Waals surface area (Å²) in [7, 11) is 0. The molecule has 8 heteroatoms. The summed E-state index contributed by atoms with van der Waals surface area (Å²) < 4.78 is 40.4. The van der Waals surface area contributed by atoms with Gasteiger partial charge in [0.15, 0.2) is 17.1 Å². The summed E-state index contributed by atoms with van der Waals surface area (Å²) in [5.41, 5.74) is -0.601. The quantitative estimate of drug-likeness (QED) is 0.450. The molecule has 0 aromatic carbocycles. The highest BCUT2D eigenvalue weighted by Gasteiger charge is 2.25. The molecule has 0 saturated carbocycles. The summed E-state index contributed by atoms with van der Waals surface area (Å²) in [6, 6.07) is 0. The molecule has 0 radical (unpaired) electrons. The Morgan fingerprint density at radius 3 is 2.56 bits per heavy atom. The molecule has 1 aromatic rings. The van der Waals surface area contributed by atoms with Crippen molar-refractivity contribution in [1.82, 2.24) is 9.97 Å². The molecule has 1 aliphatic heterocycles. The third kappa shape index (κ3) is 2.17. The first-order valence-electron chi connectivity index (χ1n) is 4.94. The molecule has 1 aliphatic rings. The number of aromatic nitrogens is 2. The van der Waals surface area contributed by atoms with E-state index in [0.717, 1.165) is 0 Å². The fraction of sp³-hybridized carbons (Fsp3) is 0.300. The molecule has 18 heavy (non-hydrogen) atoms. The van der Waals surface area contributed by atoms with Gasteiger partial charge >= 0.3 is 6.08 Å². The third-order valence-corrected chi connectivity index (χ3v) is 2.77. The second kappa shape index (κ2) is 4.56. The van der Waals surface area contributed by atoms with Crippen LogP contribution in [0.2, 0.25) is 0 Å². The van der Waals surface area contributed by atoms with Crippen LogP contribution in [0.25, 0.3) is 0 Å². The summed E-state index contributed by atoms with van der Waals surface area (Å²) in [4.78, 5) is 10.6. The Hall–Kier alpha value is -1.63. The maximum absolute atomic E-state index is 13.7. The molecule has 0 spiro atoms. The monoisotopic (exact) mass is 276 g/mol. The second-order valence-electron chi connectivity index (χ2n) is 3.69. The van der Waals surface area contributed by atoms with Gasteiger partial charge in [0.2, 0.25) is 0 Å². The number of rotatable bonds is 1. The number of nitrogens with zero attached hydrogens (tertiary/aromatic N) is 4. The van der Waals surface area contributed by atoms with Crippen LogP contribution in [0, 0.1) is 18.8 Å². The van der Waals surface area contributed by atoms with Gasteiger partial charge in [0.05, 0.1) is 5.69 Å². The predicted molar refractivity (Wildman–Crippen MR) is 61.1 cm³/mol. The standard InChI is InChI=1S/C10H8ClF3N4/c1-4-3-18(10(14)16-7(4)11)8-6(12)5(2)15-9(13)17-8/h3,7H,1-2H3. The van der Waals surface area contributed by atoms with E-state index in [1.54, 1.807) is 6.92 Å². The van der Waals surface area contributed by atoms with Crippen molar-refractivity contribution in [3.05, 3.63) is 29.4 Å². The summed E-state index contributed by atoms with van der Waals surface area (Å²) in [5, 5.41) is 0. The van der Waals surface area contributed by atoms with Crippen LogP contribution in [0.15, 0.2) is 16.8 Å². The number of alkyl halides is 1. The number of hydrogen-bond acceptors (Lipinski definition) is 4. The number of aryl methyl sites for hydroxylation is 1. The number of anilines is 1. The Morgan fingerprint density at radius 2 is 1.89 bits per heavy atom. The van der Waals surface area contributed by atoms with Gasteiger partial charge in [-0.15, -0.1) is 0 Å². The first-order chi connectivity index (χ1) is 8.40. The van der Waals surface area contributed by atoms with E-state index in [-0.39, 0.29) is 5.69 Å². The zero-order valence-corrected chi connectivity index (χ0v) is 10.2. The number of aliphatic imine (C=N–C) groups is 1. The van der Waals surface area contributed by atoms with Crippen molar-refractivity contribution in [2.24, 2.45) is 4.99 Å². The van der Waals surface area contributed by atoms with E-state index < -0.39 is 29.3 Å². The van der Waals surface area contributed by atoms with Gasteiger partial charge in [-0.05, 0) is 19.4 Å². The van der Waals surface area contributed by atoms with Crippen LogP contribution >= 0.6 is 11.6 Å². The van der Waals surface area contributed by atoms with Gasteiger partial charge in [0.1, 0.15) is 0 Å². The summed E-state index contributed by atoms with van der Waals surface area (Å²) in [6.07, 6.45) is -0.989. The van der Waals surface area contributed by atoms with Crippen LogP contribution in [0.5, 0.6) is 0 Å². The van der Waals surface area contributed by atoms with E-state index in [1.807, 2.05) is 0 Å². The molecule has 0 aliphatic carbocycles. The summed E-state index contributed by atoms with van der Waals surface area (Å²) >= 11 is 5.69. The Morgan fingerprint density at radius 1 is 1.22 bits per heavy atom. The molecule has 0 fully saturated rings. The Kier molecular flexibility index (Phi) is 3.25. The van der Waals surface area contributed by atoms with E-state index in [0.29, 0.717) is 10.5 Å². The van der Waals surface area contributed by atoms with Gasteiger partial charge in [-0.3, -0.25) is 4.90 Å². The summed E-state index contributed by atoms with van der Waals surface area (Å²) in [5.74, 6) is -1.46. The van der Waals surface area contributed by atoms with E-state index in [4.69, 9.17) is 11.6 Å². The van der Waals surface area contributed by atoms with Crippen LogP contribution in [0.1, 0.15) is 12.6 Å². The van der Waals surface area contributed by atoms with Crippen LogP contribution in [0.4, 0.5) is 19.0 Å². The molecule has 1 atom stereocenters. The molecule has 0 bridgehead atoms. The van der Waals surface area contributed by atoms with Crippen molar-refractivity contribution in [3.63, 3.8) is 0 Å². The van der Waals surface area contributed by atoms with E-state index in [2.05, 4.69) is 15.0 Å². The highest BCUT2D eigenvalue weighted by molar-refractivity contribution is 6.23. The third-order valence-electron chi connectivity index (χ3n) is 2.33. The smallest absolute Gasteiger partial charge is 0.259 e. The Bertz CT molecular complexity index is 558. The minimum Gasteiger partial charge on any atom is -0.259 e. The predicted octanol–water partition coefficient (Wildman–Crippen LogP) is 2.68. The van der Waals surface area contributed by atoms with Gasteiger partial charge in [-0.25, -0.2) is 14.4 Å². The highest BCUT2D eigenvalue weighted by atomic mass is 35.5. The molecule has 0 saturated heterocycles. The first kappa shape index (κ1) is 12.8. The van der Waals surface area contributed by atoms with Crippen LogP contribution in [0.3, 0.4) is 0 Å². The molecule has 1 unspecified atom stereocenters. The van der Waals surface area contributed by atoms with E-state index in [9.17, 15) is 13.2 Å². The zero-order valence-electron chi connectivity index (χ0n) is 9.46. The lowest BCUT2D eigenvalue weighted by Crippen LogP contribution is -2.30. The fourth-order valence-corrected chi connectivity index (χ4v) is 1.53. The lowest BCUT2D eigenvalue weighted by molar-refractivity contribution is 0.509.